The van der Waals surface area contributed by atoms with Crippen molar-refractivity contribution in [1.29, 1.82) is 0 Å². The van der Waals surface area contributed by atoms with E-state index in [-0.39, 0.29) is 0 Å². The Labute approximate surface area is 174 Å². The highest BCUT2D eigenvalue weighted by Gasteiger charge is 2.38. The molecule has 2 aliphatic carbocycles. The lowest BCUT2D eigenvalue weighted by molar-refractivity contribution is 0.0315. The van der Waals surface area contributed by atoms with Gasteiger partial charge in [-0.05, 0) is 91.2 Å². The molecule has 0 saturated heterocycles. The van der Waals surface area contributed by atoms with Crippen molar-refractivity contribution in [3.8, 4) is 5.75 Å². The van der Waals surface area contributed by atoms with E-state index in [1.807, 2.05) is 0 Å². The lowest BCUT2D eigenvalue weighted by atomic mass is 9.68. The van der Waals surface area contributed by atoms with Gasteiger partial charge in [0, 0.05) is 18.8 Å². The minimum Gasteiger partial charge on any atom is -0.490 e. The second kappa shape index (κ2) is 7.87. The maximum Gasteiger partial charge on any atom is 0.123 e. The molecule has 1 aliphatic heterocycles. The average molecular weight is 389 g/mol. The number of rotatable bonds is 4. The molecular formula is C26H32N2O. The zero-order valence-electron chi connectivity index (χ0n) is 17.4. The number of fused-ring (bicyclic) bond motifs is 3. The summed E-state index contributed by atoms with van der Waals surface area (Å²) in [6, 6.07) is 15.7. The van der Waals surface area contributed by atoms with Crippen molar-refractivity contribution in [2.24, 2.45) is 17.6 Å². The molecule has 2 fully saturated rings. The quantitative estimate of drug-likeness (QED) is 0.778. The Hall–Kier alpha value is -2.26. The van der Waals surface area contributed by atoms with Gasteiger partial charge in [0.1, 0.15) is 11.9 Å². The zero-order chi connectivity index (χ0) is 19.8. The smallest absolute Gasteiger partial charge is 0.123 e. The summed E-state index contributed by atoms with van der Waals surface area (Å²) < 4.78 is 6.68. The monoisotopic (exact) mass is 388 g/mol. The molecule has 3 nitrogen and oxygen atoms in total. The highest BCUT2D eigenvalue weighted by molar-refractivity contribution is 5.73. The second-order valence-corrected chi connectivity index (χ2v) is 9.22. The molecule has 2 aromatic carbocycles. The predicted octanol–water partition coefficient (Wildman–Crippen LogP) is 4.97. The summed E-state index contributed by atoms with van der Waals surface area (Å²) in [6.07, 6.45) is 9.46. The predicted molar refractivity (Wildman–Crippen MR) is 119 cm³/mol. The van der Waals surface area contributed by atoms with Crippen LogP contribution in [0.25, 0.3) is 5.57 Å². The highest BCUT2D eigenvalue weighted by atomic mass is 16.5. The van der Waals surface area contributed by atoms with Crippen LogP contribution in [-0.2, 0) is 13.0 Å². The van der Waals surface area contributed by atoms with Gasteiger partial charge in [0.2, 0.25) is 0 Å². The second-order valence-electron chi connectivity index (χ2n) is 9.22. The van der Waals surface area contributed by atoms with E-state index in [0.29, 0.717) is 24.0 Å². The summed E-state index contributed by atoms with van der Waals surface area (Å²) in [5.74, 6) is 2.46. The topological polar surface area (TPSA) is 47.3 Å². The van der Waals surface area contributed by atoms with Gasteiger partial charge >= 0.3 is 0 Å². The van der Waals surface area contributed by atoms with Crippen molar-refractivity contribution in [2.75, 3.05) is 0 Å². The molecule has 1 heterocycles. The van der Waals surface area contributed by atoms with Crippen LogP contribution < -0.4 is 15.8 Å². The average Bonchev–Trinajstić information content (AvgIpc) is 2.74. The lowest BCUT2D eigenvalue weighted by Crippen LogP contribution is -2.45. The molecule has 0 amide bonds. The molecule has 0 spiro atoms. The van der Waals surface area contributed by atoms with Crippen molar-refractivity contribution in [1.82, 2.24) is 5.32 Å². The van der Waals surface area contributed by atoms with Gasteiger partial charge in [-0.15, -0.1) is 0 Å². The Morgan fingerprint density at radius 1 is 1.03 bits per heavy atom. The molecule has 3 aliphatic rings. The van der Waals surface area contributed by atoms with Gasteiger partial charge in [0.15, 0.2) is 0 Å². The van der Waals surface area contributed by atoms with Crippen LogP contribution in [0.1, 0.15) is 54.4 Å². The standard InChI is InChI=1S/C26H32N2O/c1-17-11-21-15-28-16-22(12-18-5-3-2-4-6-18)23(21)14-26(17)29-25-10-8-19-13-20(25)7-9-24(19)27/h2-6,11,14,16,19-20,24-25,28H,7-10,12-13,15,27H2,1H3/t19-,20-,24?,25?/m1/s1. The van der Waals surface area contributed by atoms with E-state index in [1.165, 1.54) is 47.1 Å². The van der Waals surface area contributed by atoms with Gasteiger partial charge in [0.05, 0.1) is 0 Å². The largest absolute Gasteiger partial charge is 0.490 e. The third-order valence-corrected chi connectivity index (χ3v) is 7.26. The van der Waals surface area contributed by atoms with E-state index in [2.05, 4.69) is 60.9 Å². The Bertz CT molecular complexity index is 904. The molecule has 2 unspecified atom stereocenters. The zero-order valence-corrected chi connectivity index (χ0v) is 17.4. The third-order valence-electron chi connectivity index (χ3n) is 7.26. The molecule has 2 aromatic rings. The first kappa shape index (κ1) is 18.7. The molecule has 2 saturated carbocycles. The van der Waals surface area contributed by atoms with Crippen molar-refractivity contribution < 1.29 is 4.74 Å². The highest BCUT2D eigenvalue weighted by Crippen LogP contribution is 2.42. The number of nitrogens with two attached hydrogens (primary N) is 1. The number of aryl methyl sites for hydroxylation is 1. The van der Waals surface area contributed by atoms with Gasteiger partial charge < -0.3 is 15.8 Å². The van der Waals surface area contributed by atoms with Crippen LogP contribution in [0, 0.1) is 18.8 Å². The number of allylic oxidation sites excluding steroid dienone is 1. The van der Waals surface area contributed by atoms with Crippen molar-refractivity contribution >= 4 is 5.57 Å². The molecule has 4 atom stereocenters. The SMILES string of the molecule is Cc1cc2c(cc1OC1CC[C@@H]3C[C@H]1CCC3N)C(Cc1ccccc1)=CNC2. The number of ether oxygens (including phenoxy) is 1. The third kappa shape index (κ3) is 3.81. The first-order valence-corrected chi connectivity index (χ1v) is 11.2. The van der Waals surface area contributed by atoms with Crippen LogP contribution in [0.15, 0.2) is 48.7 Å². The molecular weight excluding hydrogens is 356 g/mol. The number of hydrogen-bond acceptors (Lipinski definition) is 3. The van der Waals surface area contributed by atoms with Crippen LogP contribution in [0.4, 0.5) is 0 Å². The summed E-state index contributed by atoms with van der Waals surface area (Å²) in [4.78, 5) is 0. The van der Waals surface area contributed by atoms with Crippen molar-refractivity contribution in [3.63, 3.8) is 0 Å². The van der Waals surface area contributed by atoms with Crippen LogP contribution in [0.3, 0.4) is 0 Å². The minimum atomic E-state index is 0.346. The van der Waals surface area contributed by atoms with Crippen molar-refractivity contribution in [3.05, 3.63) is 70.9 Å². The molecule has 29 heavy (non-hydrogen) atoms. The lowest BCUT2D eigenvalue weighted by Gasteiger charge is -2.43. The Morgan fingerprint density at radius 3 is 2.72 bits per heavy atom. The van der Waals surface area contributed by atoms with Gasteiger partial charge in [-0.1, -0.05) is 36.4 Å². The summed E-state index contributed by atoms with van der Waals surface area (Å²) >= 11 is 0. The van der Waals surface area contributed by atoms with Crippen LogP contribution >= 0.6 is 0 Å². The van der Waals surface area contributed by atoms with Crippen LogP contribution in [-0.4, -0.2) is 12.1 Å². The summed E-state index contributed by atoms with van der Waals surface area (Å²) in [5, 5.41) is 3.46. The number of hydrogen-bond donors (Lipinski definition) is 2. The van der Waals surface area contributed by atoms with E-state index in [1.54, 1.807) is 0 Å². The fourth-order valence-corrected chi connectivity index (χ4v) is 5.57. The van der Waals surface area contributed by atoms with Crippen LogP contribution in [0.5, 0.6) is 5.75 Å². The van der Waals surface area contributed by atoms with E-state index in [4.69, 9.17) is 10.5 Å². The first-order valence-electron chi connectivity index (χ1n) is 11.2. The maximum absolute atomic E-state index is 6.68. The molecule has 0 radical (unpaired) electrons. The van der Waals surface area contributed by atoms with Crippen LogP contribution in [0.2, 0.25) is 0 Å². The Balaban J connectivity index is 1.38. The molecule has 0 aromatic heterocycles. The summed E-state index contributed by atoms with van der Waals surface area (Å²) in [5.41, 5.74) is 13.0. The maximum atomic E-state index is 6.68. The number of nitrogens with one attached hydrogen (secondary N) is 1. The van der Waals surface area contributed by atoms with E-state index < -0.39 is 0 Å². The van der Waals surface area contributed by atoms with E-state index in [9.17, 15) is 0 Å². The first-order chi connectivity index (χ1) is 14.2. The van der Waals surface area contributed by atoms with Crippen molar-refractivity contribution in [2.45, 2.75) is 64.1 Å². The van der Waals surface area contributed by atoms with Gasteiger partial charge in [-0.25, -0.2) is 0 Å². The summed E-state index contributed by atoms with van der Waals surface area (Å²) in [7, 11) is 0. The molecule has 5 rings (SSSR count). The fourth-order valence-electron chi connectivity index (χ4n) is 5.57. The molecule has 152 valence electrons. The molecule has 3 heteroatoms. The van der Waals surface area contributed by atoms with Gasteiger partial charge in [-0.3, -0.25) is 0 Å². The number of benzene rings is 2. The summed E-state index contributed by atoms with van der Waals surface area (Å²) in [6.45, 7) is 3.08. The fraction of sp³-hybridized carbons (Fsp3) is 0.462. The van der Waals surface area contributed by atoms with E-state index >= 15 is 0 Å². The minimum absolute atomic E-state index is 0.346. The van der Waals surface area contributed by atoms with Gasteiger partial charge in [-0.2, -0.15) is 0 Å². The van der Waals surface area contributed by atoms with E-state index in [0.717, 1.165) is 31.6 Å². The Kier molecular flexibility index (Phi) is 5.09. The van der Waals surface area contributed by atoms with Gasteiger partial charge in [0.25, 0.3) is 0 Å². The molecule has 3 N–H and O–H groups in total. The molecule has 2 bridgehead atoms. The Morgan fingerprint density at radius 2 is 1.86 bits per heavy atom. The normalized spacial score (nSPS) is 28.1.